The number of ether oxygens (including phenoxy) is 1. The van der Waals surface area contributed by atoms with Gasteiger partial charge in [-0.25, -0.2) is 9.97 Å². The summed E-state index contributed by atoms with van der Waals surface area (Å²) >= 11 is 0. The number of rotatable bonds is 5. The summed E-state index contributed by atoms with van der Waals surface area (Å²) in [6.45, 7) is 0. The van der Waals surface area contributed by atoms with Gasteiger partial charge in [0.2, 0.25) is 5.78 Å². The van der Waals surface area contributed by atoms with Crippen LogP contribution in [-0.2, 0) is 0 Å². The molecule has 0 fully saturated rings. The average Bonchev–Trinajstić information content (AvgIpc) is 3.29. The number of carbonyl (C=O) groups is 1. The van der Waals surface area contributed by atoms with Crippen LogP contribution >= 0.6 is 0 Å². The van der Waals surface area contributed by atoms with E-state index in [1.54, 1.807) is 13.3 Å². The number of nitrogens with one attached hydrogen (secondary N) is 1. The van der Waals surface area contributed by atoms with Crippen LogP contribution in [0, 0.1) is 0 Å². The number of carbonyl (C=O) groups excluding carboxylic acids is 1. The van der Waals surface area contributed by atoms with Crippen molar-refractivity contribution in [2.75, 3.05) is 12.4 Å². The average molecular weight is 420 g/mol. The lowest BCUT2D eigenvalue weighted by molar-refractivity contribution is 0.102. The molecule has 2 heterocycles. The number of fused-ring (bicyclic) bond motifs is 1. The molecule has 0 unspecified atom stereocenters. The minimum absolute atomic E-state index is 0.211. The van der Waals surface area contributed by atoms with E-state index in [4.69, 9.17) is 4.74 Å². The Morgan fingerprint density at radius 1 is 0.906 bits per heavy atom. The SMILES string of the molecule is COc1ccc(-c2cn3cccnc3n2)cc1NC(=O)c1ccc(-c2ccccc2)cc1. The molecule has 0 spiro atoms. The number of hydrogen-bond donors (Lipinski definition) is 1. The van der Waals surface area contributed by atoms with Crippen LogP contribution in [0.25, 0.3) is 28.2 Å². The first-order valence-electron chi connectivity index (χ1n) is 10.2. The summed E-state index contributed by atoms with van der Waals surface area (Å²) < 4.78 is 7.31. The lowest BCUT2D eigenvalue weighted by Crippen LogP contribution is -2.12. The van der Waals surface area contributed by atoms with Gasteiger partial charge >= 0.3 is 0 Å². The van der Waals surface area contributed by atoms with E-state index in [9.17, 15) is 4.79 Å². The fourth-order valence-electron chi connectivity index (χ4n) is 3.57. The van der Waals surface area contributed by atoms with Gasteiger partial charge in [0, 0.05) is 29.7 Å². The number of imidazole rings is 1. The van der Waals surface area contributed by atoms with Crippen LogP contribution < -0.4 is 10.1 Å². The molecule has 2 aromatic heterocycles. The van der Waals surface area contributed by atoms with E-state index in [0.29, 0.717) is 22.8 Å². The largest absolute Gasteiger partial charge is 0.495 e. The van der Waals surface area contributed by atoms with Crippen molar-refractivity contribution in [1.29, 1.82) is 0 Å². The molecule has 6 nitrogen and oxygen atoms in total. The number of nitrogens with zero attached hydrogens (tertiary/aromatic N) is 3. The van der Waals surface area contributed by atoms with E-state index in [-0.39, 0.29) is 5.91 Å². The highest BCUT2D eigenvalue weighted by atomic mass is 16.5. The number of methoxy groups -OCH3 is 1. The van der Waals surface area contributed by atoms with Gasteiger partial charge in [0.15, 0.2) is 0 Å². The Morgan fingerprint density at radius 3 is 2.41 bits per heavy atom. The van der Waals surface area contributed by atoms with Gasteiger partial charge in [0.25, 0.3) is 5.91 Å². The summed E-state index contributed by atoms with van der Waals surface area (Å²) in [4.78, 5) is 21.7. The first kappa shape index (κ1) is 19.5. The fraction of sp³-hybridized carbons (Fsp3) is 0.0385. The first-order chi connectivity index (χ1) is 15.7. The Labute approximate surface area is 185 Å². The second-order valence-corrected chi connectivity index (χ2v) is 7.27. The number of hydrogen-bond acceptors (Lipinski definition) is 4. The molecule has 0 aliphatic carbocycles. The third-order valence-electron chi connectivity index (χ3n) is 5.23. The summed E-state index contributed by atoms with van der Waals surface area (Å²) in [5.74, 6) is 0.976. The van der Waals surface area contributed by atoms with Gasteiger partial charge in [-0.2, -0.15) is 0 Å². The zero-order valence-corrected chi connectivity index (χ0v) is 17.4. The van der Waals surface area contributed by atoms with Gasteiger partial charge in [0.1, 0.15) is 5.75 Å². The van der Waals surface area contributed by atoms with Crippen LogP contribution in [0.3, 0.4) is 0 Å². The van der Waals surface area contributed by atoms with Crippen LogP contribution in [-0.4, -0.2) is 27.4 Å². The van der Waals surface area contributed by atoms with Crippen molar-refractivity contribution in [2.24, 2.45) is 0 Å². The zero-order valence-electron chi connectivity index (χ0n) is 17.4. The maximum Gasteiger partial charge on any atom is 0.255 e. The summed E-state index contributed by atoms with van der Waals surface area (Å²) in [5.41, 5.74) is 4.92. The van der Waals surface area contributed by atoms with E-state index >= 15 is 0 Å². The predicted octanol–water partition coefficient (Wildman–Crippen LogP) is 5.32. The first-order valence-corrected chi connectivity index (χ1v) is 10.2. The number of amides is 1. The molecule has 0 radical (unpaired) electrons. The third kappa shape index (κ3) is 3.81. The fourth-order valence-corrected chi connectivity index (χ4v) is 3.57. The minimum Gasteiger partial charge on any atom is -0.495 e. The van der Waals surface area contributed by atoms with E-state index in [2.05, 4.69) is 15.3 Å². The normalized spacial score (nSPS) is 10.8. The quantitative estimate of drug-likeness (QED) is 0.418. The maximum absolute atomic E-state index is 12.9. The number of aromatic nitrogens is 3. The molecule has 0 saturated heterocycles. The molecule has 3 aromatic carbocycles. The second kappa shape index (κ2) is 8.35. The zero-order chi connectivity index (χ0) is 21.9. The summed E-state index contributed by atoms with van der Waals surface area (Å²) in [7, 11) is 1.58. The molecule has 0 aliphatic rings. The Balaban J connectivity index is 1.41. The van der Waals surface area contributed by atoms with Crippen LogP contribution in [0.2, 0.25) is 0 Å². The van der Waals surface area contributed by atoms with Crippen LogP contribution in [0.1, 0.15) is 10.4 Å². The molecule has 32 heavy (non-hydrogen) atoms. The van der Waals surface area contributed by atoms with Crippen LogP contribution in [0.4, 0.5) is 5.69 Å². The lowest BCUT2D eigenvalue weighted by Gasteiger charge is -2.12. The molecule has 0 atom stereocenters. The molecule has 156 valence electrons. The maximum atomic E-state index is 12.9. The van der Waals surface area contributed by atoms with Crippen LogP contribution in [0.15, 0.2) is 97.5 Å². The lowest BCUT2D eigenvalue weighted by atomic mass is 10.0. The van der Waals surface area contributed by atoms with E-state index in [1.807, 2.05) is 95.7 Å². The number of benzene rings is 3. The van der Waals surface area contributed by atoms with Crippen molar-refractivity contribution in [1.82, 2.24) is 14.4 Å². The molecule has 5 aromatic rings. The Bertz CT molecular complexity index is 1360. The number of anilines is 1. The predicted molar refractivity (Wildman–Crippen MR) is 125 cm³/mol. The third-order valence-corrected chi connectivity index (χ3v) is 5.23. The molecule has 0 bridgehead atoms. The van der Waals surface area contributed by atoms with Crippen molar-refractivity contribution in [3.63, 3.8) is 0 Å². The Morgan fingerprint density at radius 2 is 1.66 bits per heavy atom. The van der Waals surface area contributed by atoms with Crippen LogP contribution in [0.5, 0.6) is 5.75 Å². The highest BCUT2D eigenvalue weighted by molar-refractivity contribution is 6.05. The Kier molecular flexibility index (Phi) is 5.09. The van der Waals surface area contributed by atoms with E-state index in [0.717, 1.165) is 22.4 Å². The standard InChI is InChI=1S/C26H20N4O2/c1-32-24-13-12-21(23-17-30-15-5-14-27-26(30)29-23)16-22(24)28-25(31)20-10-8-19(9-11-20)18-6-3-2-4-7-18/h2-17H,1H3,(H,28,31). The van der Waals surface area contributed by atoms with Gasteiger partial charge in [0.05, 0.1) is 18.5 Å². The summed E-state index contributed by atoms with van der Waals surface area (Å²) in [5, 5.41) is 2.97. The van der Waals surface area contributed by atoms with Gasteiger partial charge < -0.3 is 10.1 Å². The van der Waals surface area contributed by atoms with Crippen molar-refractivity contribution in [2.45, 2.75) is 0 Å². The van der Waals surface area contributed by atoms with E-state index in [1.165, 1.54) is 0 Å². The summed E-state index contributed by atoms with van der Waals surface area (Å²) in [6, 6.07) is 25.0. The molecular weight excluding hydrogens is 400 g/mol. The second-order valence-electron chi connectivity index (χ2n) is 7.27. The summed E-state index contributed by atoms with van der Waals surface area (Å²) in [6.07, 6.45) is 5.50. The molecule has 5 rings (SSSR count). The molecule has 0 saturated carbocycles. The monoisotopic (exact) mass is 420 g/mol. The Hall–Kier alpha value is -4.45. The molecular formula is C26H20N4O2. The van der Waals surface area contributed by atoms with Gasteiger partial charge in [-0.05, 0) is 47.5 Å². The molecule has 0 aliphatic heterocycles. The van der Waals surface area contributed by atoms with Gasteiger partial charge in [-0.3, -0.25) is 9.20 Å². The highest BCUT2D eigenvalue weighted by Gasteiger charge is 2.13. The van der Waals surface area contributed by atoms with Crippen molar-refractivity contribution in [3.05, 3.63) is 103 Å². The van der Waals surface area contributed by atoms with Gasteiger partial charge in [-0.15, -0.1) is 0 Å². The van der Waals surface area contributed by atoms with Crippen molar-refractivity contribution >= 4 is 17.4 Å². The van der Waals surface area contributed by atoms with E-state index < -0.39 is 0 Å². The highest BCUT2D eigenvalue weighted by Crippen LogP contribution is 2.31. The minimum atomic E-state index is -0.211. The van der Waals surface area contributed by atoms with Crippen molar-refractivity contribution in [3.8, 4) is 28.1 Å². The molecule has 6 heteroatoms. The smallest absolute Gasteiger partial charge is 0.255 e. The van der Waals surface area contributed by atoms with Gasteiger partial charge in [-0.1, -0.05) is 42.5 Å². The van der Waals surface area contributed by atoms with Crippen molar-refractivity contribution < 1.29 is 9.53 Å². The topological polar surface area (TPSA) is 68.5 Å². The molecule has 1 N–H and O–H groups in total. The molecule has 1 amide bonds.